The van der Waals surface area contributed by atoms with Crippen molar-refractivity contribution in [2.45, 2.75) is 4.90 Å². The number of carbonyl (C=O) groups excluding carboxylic acids is 1. The molecule has 1 aromatic rings. The molecule has 1 saturated heterocycles. The normalized spacial score (nSPS) is 16.7. The van der Waals surface area contributed by atoms with Gasteiger partial charge in [0.25, 0.3) is 0 Å². The number of hydrogen-bond acceptors (Lipinski definition) is 6. The van der Waals surface area contributed by atoms with Gasteiger partial charge in [-0.2, -0.15) is 0 Å². The zero-order valence-corrected chi connectivity index (χ0v) is 14.8. The van der Waals surface area contributed by atoms with Crippen LogP contribution in [-0.2, 0) is 14.8 Å². The third-order valence-corrected chi connectivity index (χ3v) is 5.83. The molecule has 0 N–H and O–H groups in total. The van der Waals surface area contributed by atoms with E-state index in [0.29, 0.717) is 5.69 Å². The van der Waals surface area contributed by atoms with E-state index in [-0.39, 0.29) is 10.5 Å². The van der Waals surface area contributed by atoms with Crippen LogP contribution >= 0.6 is 0 Å². The Kier molecular flexibility index (Phi) is 5.28. The van der Waals surface area contributed by atoms with E-state index in [0.717, 1.165) is 30.5 Å². The summed E-state index contributed by atoms with van der Waals surface area (Å²) in [4.78, 5) is 16.1. The molecule has 0 bridgehead atoms. The van der Waals surface area contributed by atoms with Crippen molar-refractivity contribution in [2.75, 3.05) is 59.3 Å². The molecule has 23 heavy (non-hydrogen) atoms. The van der Waals surface area contributed by atoms with Gasteiger partial charge in [-0.15, -0.1) is 0 Å². The predicted molar refractivity (Wildman–Crippen MR) is 88.4 cm³/mol. The molecule has 7 nitrogen and oxygen atoms in total. The molecule has 0 aliphatic carbocycles. The van der Waals surface area contributed by atoms with Gasteiger partial charge < -0.3 is 14.5 Å². The summed E-state index contributed by atoms with van der Waals surface area (Å²) in [7, 11) is 2.61. The molecule has 0 unspecified atom stereocenters. The number of esters is 1. The fraction of sp³-hybridized carbons (Fsp3) is 0.533. The van der Waals surface area contributed by atoms with Crippen molar-refractivity contribution in [2.24, 2.45) is 0 Å². The smallest absolute Gasteiger partial charge is 0.337 e. The number of sulfonamides is 1. The monoisotopic (exact) mass is 341 g/mol. The molecule has 8 heteroatoms. The van der Waals surface area contributed by atoms with Crippen molar-refractivity contribution < 1.29 is 17.9 Å². The molecule has 2 rings (SSSR count). The molecule has 0 amide bonds. The van der Waals surface area contributed by atoms with Crippen LogP contribution in [0.3, 0.4) is 0 Å². The first-order valence-electron chi connectivity index (χ1n) is 7.35. The molecule has 0 radical (unpaired) electrons. The number of methoxy groups -OCH3 is 1. The first-order valence-corrected chi connectivity index (χ1v) is 8.79. The van der Waals surface area contributed by atoms with E-state index in [4.69, 9.17) is 4.74 Å². The lowest BCUT2D eigenvalue weighted by Crippen LogP contribution is -2.45. The van der Waals surface area contributed by atoms with E-state index < -0.39 is 16.0 Å². The Morgan fingerprint density at radius 3 is 2.30 bits per heavy atom. The van der Waals surface area contributed by atoms with Crippen molar-refractivity contribution in [1.82, 2.24) is 9.21 Å². The van der Waals surface area contributed by atoms with E-state index in [1.807, 2.05) is 11.9 Å². The molecule has 1 aliphatic rings. The fourth-order valence-corrected chi connectivity index (χ4v) is 3.60. The minimum atomic E-state index is -3.66. The second-order valence-corrected chi connectivity index (χ2v) is 7.87. The summed E-state index contributed by atoms with van der Waals surface area (Å²) in [6, 6.07) is 4.69. The Morgan fingerprint density at radius 2 is 1.78 bits per heavy atom. The number of carbonyl (C=O) groups is 1. The Hall–Kier alpha value is -1.64. The average Bonchev–Trinajstić information content (AvgIpc) is 2.54. The van der Waals surface area contributed by atoms with Gasteiger partial charge in [0.1, 0.15) is 4.90 Å². The molecule has 0 saturated carbocycles. The minimum Gasteiger partial charge on any atom is -0.465 e. The highest BCUT2D eigenvalue weighted by Crippen LogP contribution is 2.29. The van der Waals surface area contributed by atoms with Crippen molar-refractivity contribution in [3.05, 3.63) is 23.8 Å². The lowest BCUT2D eigenvalue weighted by atomic mass is 10.2. The van der Waals surface area contributed by atoms with E-state index in [1.54, 1.807) is 12.1 Å². The maximum Gasteiger partial charge on any atom is 0.337 e. The van der Waals surface area contributed by atoms with Crippen LogP contribution in [0.2, 0.25) is 0 Å². The molecular formula is C15H23N3O4S. The van der Waals surface area contributed by atoms with Gasteiger partial charge in [-0.05, 0) is 25.2 Å². The zero-order chi connectivity index (χ0) is 17.2. The lowest BCUT2D eigenvalue weighted by Gasteiger charge is -2.35. The maximum atomic E-state index is 12.7. The third-order valence-electron chi connectivity index (χ3n) is 3.98. The molecule has 0 atom stereocenters. The summed E-state index contributed by atoms with van der Waals surface area (Å²) < 4.78 is 31.2. The molecule has 1 heterocycles. The number of piperazine rings is 1. The van der Waals surface area contributed by atoms with Gasteiger partial charge in [-0.3, -0.25) is 0 Å². The van der Waals surface area contributed by atoms with Gasteiger partial charge in [-0.25, -0.2) is 17.5 Å². The largest absolute Gasteiger partial charge is 0.465 e. The van der Waals surface area contributed by atoms with Crippen molar-refractivity contribution >= 4 is 21.7 Å². The predicted octanol–water partition coefficient (Wildman–Crippen LogP) is 0.475. The van der Waals surface area contributed by atoms with Gasteiger partial charge in [-0.1, -0.05) is 0 Å². The molecule has 1 aliphatic heterocycles. The van der Waals surface area contributed by atoms with Crippen LogP contribution in [0, 0.1) is 0 Å². The van der Waals surface area contributed by atoms with Crippen LogP contribution in [0.1, 0.15) is 10.4 Å². The van der Waals surface area contributed by atoms with Gasteiger partial charge in [0.2, 0.25) is 10.0 Å². The Balaban J connectivity index is 2.51. The number of hydrogen-bond donors (Lipinski definition) is 0. The molecule has 1 fully saturated rings. The average molecular weight is 341 g/mol. The van der Waals surface area contributed by atoms with E-state index in [2.05, 4.69) is 4.90 Å². The molecule has 128 valence electrons. The van der Waals surface area contributed by atoms with Gasteiger partial charge in [0.15, 0.2) is 0 Å². The highest BCUT2D eigenvalue weighted by molar-refractivity contribution is 7.89. The molecule has 0 spiro atoms. The van der Waals surface area contributed by atoms with Crippen molar-refractivity contribution in [3.63, 3.8) is 0 Å². The number of anilines is 1. The van der Waals surface area contributed by atoms with Crippen molar-refractivity contribution in [1.29, 1.82) is 0 Å². The maximum absolute atomic E-state index is 12.7. The summed E-state index contributed by atoms with van der Waals surface area (Å²) >= 11 is 0. The lowest BCUT2D eigenvalue weighted by molar-refractivity contribution is 0.0600. The second-order valence-electron chi connectivity index (χ2n) is 5.75. The third kappa shape index (κ3) is 3.65. The standard InChI is InChI=1S/C15H23N3O4S/c1-16(2)23(20,21)14-11-12(15(19)22-4)5-6-13(14)18-9-7-17(3)8-10-18/h5-6,11H,7-10H2,1-4H3. The van der Waals surface area contributed by atoms with Gasteiger partial charge >= 0.3 is 5.97 Å². The van der Waals surface area contributed by atoms with Crippen LogP contribution in [0.4, 0.5) is 5.69 Å². The Labute approximate surface area is 137 Å². The summed E-state index contributed by atoms with van der Waals surface area (Å²) in [5, 5.41) is 0. The van der Waals surface area contributed by atoms with Crippen LogP contribution in [0.5, 0.6) is 0 Å². The topological polar surface area (TPSA) is 70.2 Å². The summed E-state index contributed by atoms with van der Waals surface area (Å²) in [6.45, 7) is 3.20. The van der Waals surface area contributed by atoms with Crippen LogP contribution in [-0.4, -0.2) is 78.0 Å². The molecular weight excluding hydrogens is 318 g/mol. The highest BCUT2D eigenvalue weighted by Gasteiger charge is 2.27. The van der Waals surface area contributed by atoms with E-state index in [9.17, 15) is 13.2 Å². The fourth-order valence-electron chi connectivity index (χ4n) is 2.47. The molecule has 0 aromatic heterocycles. The number of likely N-dealkylation sites (N-methyl/N-ethyl adjacent to an activating group) is 1. The summed E-state index contributed by atoms with van der Waals surface area (Å²) in [6.07, 6.45) is 0. The minimum absolute atomic E-state index is 0.134. The first kappa shape index (κ1) is 17.7. The van der Waals surface area contributed by atoms with Crippen LogP contribution in [0.25, 0.3) is 0 Å². The van der Waals surface area contributed by atoms with Gasteiger partial charge in [0.05, 0.1) is 18.4 Å². The summed E-state index contributed by atoms with van der Waals surface area (Å²) in [5.74, 6) is -0.551. The van der Waals surface area contributed by atoms with Gasteiger partial charge in [0, 0.05) is 40.3 Å². The second kappa shape index (κ2) is 6.86. The van der Waals surface area contributed by atoms with E-state index >= 15 is 0 Å². The molecule has 1 aromatic carbocycles. The highest BCUT2D eigenvalue weighted by atomic mass is 32.2. The zero-order valence-electron chi connectivity index (χ0n) is 13.9. The number of benzene rings is 1. The first-order chi connectivity index (χ1) is 10.8. The quantitative estimate of drug-likeness (QED) is 0.742. The van der Waals surface area contributed by atoms with Crippen LogP contribution in [0.15, 0.2) is 23.1 Å². The van der Waals surface area contributed by atoms with Crippen LogP contribution < -0.4 is 4.90 Å². The summed E-state index contributed by atoms with van der Waals surface area (Å²) in [5.41, 5.74) is 0.852. The number of nitrogens with zero attached hydrogens (tertiary/aromatic N) is 3. The number of ether oxygens (including phenoxy) is 1. The Bertz CT molecular complexity index is 680. The SMILES string of the molecule is COC(=O)c1ccc(N2CCN(C)CC2)c(S(=O)(=O)N(C)C)c1. The Morgan fingerprint density at radius 1 is 1.17 bits per heavy atom. The number of rotatable bonds is 4. The van der Waals surface area contributed by atoms with E-state index in [1.165, 1.54) is 27.3 Å². The van der Waals surface area contributed by atoms with Crippen molar-refractivity contribution in [3.8, 4) is 0 Å².